The molecule has 0 saturated heterocycles. The van der Waals surface area contributed by atoms with E-state index in [1.807, 2.05) is 30.3 Å². The Balaban J connectivity index is 1.44. The number of hydrogen-bond donors (Lipinski definition) is 0. The molecule has 7 rings (SSSR count). The average molecular weight is 568 g/mol. The molecule has 212 valence electrons. The number of anilines is 2. The fraction of sp³-hybridized carbons (Fsp3) is 0.0976. The van der Waals surface area contributed by atoms with Crippen LogP contribution in [0.5, 0.6) is 0 Å². The summed E-state index contributed by atoms with van der Waals surface area (Å²) < 4.78 is 2.34. The van der Waals surface area contributed by atoms with E-state index in [9.17, 15) is 5.26 Å². The summed E-state index contributed by atoms with van der Waals surface area (Å²) >= 11 is 0. The van der Waals surface area contributed by atoms with Crippen molar-refractivity contribution in [2.75, 3.05) is 4.90 Å². The van der Waals surface area contributed by atoms with Gasteiger partial charge in [-0.25, -0.2) is 0 Å². The van der Waals surface area contributed by atoms with Gasteiger partial charge in [-0.15, -0.1) is 0 Å². The van der Waals surface area contributed by atoms with Gasteiger partial charge < -0.3 is 9.47 Å². The van der Waals surface area contributed by atoms with Gasteiger partial charge in [0.05, 0.1) is 22.7 Å². The van der Waals surface area contributed by atoms with E-state index in [2.05, 4.69) is 146 Å². The molecule has 3 nitrogen and oxygen atoms in total. The summed E-state index contributed by atoms with van der Waals surface area (Å²) in [6, 6.07) is 44.6. The van der Waals surface area contributed by atoms with Crippen LogP contribution in [0.1, 0.15) is 37.5 Å². The normalized spacial score (nSPS) is 14.1. The molecule has 0 fully saturated rings. The molecule has 0 aliphatic heterocycles. The van der Waals surface area contributed by atoms with Crippen molar-refractivity contribution < 1.29 is 0 Å². The van der Waals surface area contributed by atoms with E-state index in [0.717, 1.165) is 28.3 Å². The van der Waals surface area contributed by atoms with Crippen molar-refractivity contribution >= 4 is 38.8 Å². The van der Waals surface area contributed by atoms with Crippen LogP contribution in [0, 0.1) is 11.3 Å². The van der Waals surface area contributed by atoms with Crippen molar-refractivity contribution in [1.29, 1.82) is 5.26 Å². The molecule has 6 aromatic rings. The van der Waals surface area contributed by atoms with Gasteiger partial charge in [0.1, 0.15) is 0 Å². The minimum atomic E-state index is -0.176. The number of allylic oxidation sites excluding steroid dienone is 5. The average Bonchev–Trinajstić information content (AvgIpc) is 3.50. The van der Waals surface area contributed by atoms with E-state index in [4.69, 9.17) is 0 Å². The van der Waals surface area contributed by atoms with Crippen molar-refractivity contribution in [1.82, 2.24) is 4.57 Å². The highest BCUT2D eigenvalue weighted by atomic mass is 15.1. The second-order valence-electron chi connectivity index (χ2n) is 11.9. The molecular formula is C41H33N3. The predicted octanol–water partition coefficient (Wildman–Crippen LogP) is 10.6. The summed E-state index contributed by atoms with van der Waals surface area (Å²) in [6.45, 7) is 11.0. The highest BCUT2D eigenvalue weighted by Gasteiger charge is 2.35. The number of aromatic nitrogens is 1. The lowest BCUT2D eigenvalue weighted by atomic mass is 9.81. The topological polar surface area (TPSA) is 32.0 Å². The van der Waals surface area contributed by atoms with E-state index in [0.29, 0.717) is 5.56 Å². The summed E-state index contributed by atoms with van der Waals surface area (Å²) in [5.41, 5.74) is 12.0. The highest BCUT2D eigenvalue weighted by Crippen LogP contribution is 2.48. The lowest BCUT2D eigenvalue weighted by Crippen LogP contribution is -2.19. The molecule has 0 unspecified atom stereocenters. The number of nitrogens with zero attached hydrogens (tertiary/aromatic N) is 3. The number of rotatable bonds is 6. The quantitative estimate of drug-likeness (QED) is 0.200. The van der Waals surface area contributed by atoms with Gasteiger partial charge in [-0.1, -0.05) is 87.2 Å². The van der Waals surface area contributed by atoms with E-state index in [1.54, 1.807) is 0 Å². The third-order valence-electron chi connectivity index (χ3n) is 8.95. The van der Waals surface area contributed by atoms with Crippen molar-refractivity contribution in [2.24, 2.45) is 0 Å². The van der Waals surface area contributed by atoms with E-state index < -0.39 is 0 Å². The van der Waals surface area contributed by atoms with Crippen LogP contribution in [-0.2, 0) is 5.41 Å². The van der Waals surface area contributed by atoms with Crippen LogP contribution in [0.25, 0.3) is 33.1 Å². The number of fused-ring (bicyclic) bond motifs is 4. The van der Waals surface area contributed by atoms with Gasteiger partial charge in [0.2, 0.25) is 0 Å². The molecule has 44 heavy (non-hydrogen) atoms. The Bertz CT molecular complexity index is 2170. The molecule has 5 aromatic carbocycles. The van der Waals surface area contributed by atoms with Gasteiger partial charge in [-0.05, 0) is 95.9 Å². The molecule has 1 heterocycles. The first-order valence-corrected chi connectivity index (χ1v) is 15.0. The third kappa shape index (κ3) is 4.27. The summed E-state index contributed by atoms with van der Waals surface area (Å²) in [7, 11) is 0. The van der Waals surface area contributed by atoms with Crippen molar-refractivity contribution in [3.63, 3.8) is 0 Å². The first kappa shape index (κ1) is 27.3. The molecule has 1 aliphatic rings. The zero-order valence-corrected chi connectivity index (χ0v) is 25.3. The fourth-order valence-corrected chi connectivity index (χ4v) is 6.84. The van der Waals surface area contributed by atoms with E-state index in [-0.39, 0.29) is 5.41 Å². The lowest BCUT2D eigenvalue weighted by Gasteiger charge is -2.29. The monoisotopic (exact) mass is 567 g/mol. The van der Waals surface area contributed by atoms with Gasteiger partial charge in [-0.3, -0.25) is 0 Å². The van der Waals surface area contributed by atoms with Crippen molar-refractivity contribution in [3.8, 4) is 11.8 Å². The Hall–Kier alpha value is -5.59. The van der Waals surface area contributed by atoms with Gasteiger partial charge in [0, 0.05) is 38.9 Å². The first-order chi connectivity index (χ1) is 21.4. The molecule has 3 heteroatoms. The Labute approximate surface area is 258 Å². The standard InChI is InChI=1S/C41H33N3/c1-5-33-34-15-9-11-17-37(34)41(3,4)38(33)25-28(2)43(31-21-19-29(27-42)20-22-31)32-23-24-40-36(26-32)35-16-10-12-18-39(35)44(40)30-13-7-6-8-14-30/h5-26H,1H2,2-4H3/b28-25+. The van der Waals surface area contributed by atoms with Crippen LogP contribution in [0.3, 0.4) is 0 Å². The SMILES string of the molecule is C=CC1=C(/C=C(\C)N(c2ccc(C#N)cc2)c2ccc3c(c2)c2ccccc2n3-c2ccccc2)C(C)(C)c2ccccc21. The maximum atomic E-state index is 9.51. The number of nitriles is 1. The van der Waals surface area contributed by atoms with Crippen LogP contribution in [0.15, 0.2) is 151 Å². The smallest absolute Gasteiger partial charge is 0.0991 e. The van der Waals surface area contributed by atoms with Crippen LogP contribution in [0.4, 0.5) is 11.4 Å². The molecule has 0 N–H and O–H groups in total. The van der Waals surface area contributed by atoms with E-state index in [1.165, 1.54) is 38.6 Å². The molecule has 0 amide bonds. The summed E-state index contributed by atoms with van der Waals surface area (Å²) in [4.78, 5) is 2.29. The Morgan fingerprint density at radius 3 is 2.18 bits per heavy atom. The molecule has 0 radical (unpaired) electrons. The summed E-state index contributed by atoms with van der Waals surface area (Å²) in [5, 5.41) is 11.9. The minimum Gasteiger partial charge on any atom is -0.314 e. The largest absolute Gasteiger partial charge is 0.314 e. The Kier molecular flexibility index (Phi) is 6.56. The van der Waals surface area contributed by atoms with Crippen LogP contribution >= 0.6 is 0 Å². The Morgan fingerprint density at radius 2 is 1.43 bits per heavy atom. The maximum Gasteiger partial charge on any atom is 0.0991 e. The number of hydrogen-bond acceptors (Lipinski definition) is 2. The molecule has 0 saturated carbocycles. The van der Waals surface area contributed by atoms with Crippen molar-refractivity contribution in [2.45, 2.75) is 26.2 Å². The Morgan fingerprint density at radius 1 is 0.773 bits per heavy atom. The highest BCUT2D eigenvalue weighted by molar-refractivity contribution is 6.10. The molecule has 0 atom stereocenters. The minimum absolute atomic E-state index is 0.176. The zero-order chi connectivity index (χ0) is 30.4. The molecule has 0 spiro atoms. The maximum absolute atomic E-state index is 9.51. The zero-order valence-electron chi connectivity index (χ0n) is 25.3. The van der Waals surface area contributed by atoms with Gasteiger partial charge in [0.15, 0.2) is 0 Å². The summed E-state index contributed by atoms with van der Waals surface area (Å²) in [6.07, 6.45) is 4.30. The first-order valence-electron chi connectivity index (χ1n) is 15.0. The van der Waals surface area contributed by atoms with Crippen LogP contribution < -0.4 is 4.90 Å². The van der Waals surface area contributed by atoms with Gasteiger partial charge in [0.25, 0.3) is 0 Å². The lowest BCUT2D eigenvalue weighted by molar-refractivity contribution is 0.653. The molecule has 1 aromatic heterocycles. The molecule has 0 bridgehead atoms. The van der Waals surface area contributed by atoms with E-state index >= 15 is 0 Å². The predicted molar refractivity (Wildman–Crippen MR) is 184 cm³/mol. The molecule has 1 aliphatic carbocycles. The van der Waals surface area contributed by atoms with Gasteiger partial charge >= 0.3 is 0 Å². The van der Waals surface area contributed by atoms with Crippen LogP contribution in [0.2, 0.25) is 0 Å². The van der Waals surface area contributed by atoms with Crippen molar-refractivity contribution in [3.05, 3.63) is 168 Å². The third-order valence-corrected chi connectivity index (χ3v) is 8.95. The fourth-order valence-electron chi connectivity index (χ4n) is 6.84. The number of para-hydroxylation sites is 2. The molecular weight excluding hydrogens is 534 g/mol. The second-order valence-corrected chi connectivity index (χ2v) is 11.9. The second kappa shape index (κ2) is 10.6. The number of benzene rings is 5. The van der Waals surface area contributed by atoms with Gasteiger partial charge in [-0.2, -0.15) is 5.26 Å². The van der Waals surface area contributed by atoms with Crippen LogP contribution in [-0.4, -0.2) is 4.57 Å². The summed E-state index contributed by atoms with van der Waals surface area (Å²) in [5.74, 6) is 0.